The van der Waals surface area contributed by atoms with Crippen molar-refractivity contribution in [2.24, 2.45) is 0 Å². The van der Waals surface area contributed by atoms with Crippen molar-refractivity contribution < 1.29 is 8.42 Å². The molecule has 4 heteroatoms. The van der Waals surface area contributed by atoms with Gasteiger partial charge in [-0.05, 0) is 23.8 Å². The van der Waals surface area contributed by atoms with Gasteiger partial charge in [-0.3, -0.25) is 0 Å². The Kier molecular flexibility index (Phi) is 3.50. The first kappa shape index (κ1) is 12.1. The van der Waals surface area contributed by atoms with Crippen molar-refractivity contribution in [2.75, 3.05) is 0 Å². The molecule has 0 aliphatic carbocycles. The zero-order chi connectivity index (χ0) is 12.3. The lowest BCUT2D eigenvalue weighted by Crippen LogP contribution is -2.04. The van der Waals surface area contributed by atoms with Crippen LogP contribution in [0.15, 0.2) is 59.5 Å². The summed E-state index contributed by atoms with van der Waals surface area (Å²) >= 11 is 5.79. The molecule has 2 nitrogen and oxygen atoms in total. The Morgan fingerprint density at radius 3 is 2.29 bits per heavy atom. The second-order valence-corrected chi connectivity index (χ2v) is 6.13. The van der Waals surface area contributed by atoms with Crippen molar-refractivity contribution in [3.8, 4) is 0 Å². The quantitative estimate of drug-likeness (QED) is 0.854. The van der Waals surface area contributed by atoms with Crippen molar-refractivity contribution in [1.82, 2.24) is 0 Å². The standard InChI is InChI=1S/C13H11ClO2S/c14-12-7-4-8-13(9-12)17(15,16)10-11-5-2-1-3-6-11/h1-9H,10H2. The summed E-state index contributed by atoms with van der Waals surface area (Å²) in [6.45, 7) is 0. The highest BCUT2D eigenvalue weighted by Gasteiger charge is 2.15. The molecule has 0 spiro atoms. The topological polar surface area (TPSA) is 34.1 Å². The fourth-order valence-corrected chi connectivity index (χ4v) is 3.18. The lowest BCUT2D eigenvalue weighted by atomic mass is 10.2. The number of halogens is 1. The summed E-state index contributed by atoms with van der Waals surface area (Å²) < 4.78 is 24.2. The van der Waals surface area contributed by atoms with E-state index in [2.05, 4.69) is 0 Å². The molecule has 0 saturated carbocycles. The predicted octanol–water partition coefficient (Wildman–Crippen LogP) is 3.31. The van der Waals surface area contributed by atoms with Crippen LogP contribution < -0.4 is 0 Å². The molecular formula is C13H11ClO2S. The largest absolute Gasteiger partial charge is 0.223 e. The molecule has 0 aliphatic heterocycles. The number of rotatable bonds is 3. The van der Waals surface area contributed by atoms with Crippen molar-refractivity contribution >= 4 is 21.4 Å². The van der Waals surface area contributed by atoms with Gasteiger partial charge in [0.1, 0.15) is 0 Å². The van der Waals surface area contributed by atoms with Gasteiger partial charge in [0.2, 0.25) is 0 Å². The van der Waals surface area contributed by atoms with Crippen LogP contribution >= 0.6 is 11.6 Å². The summed E-state index contributed by atoms with van der Waals surface area (Å²) in [4.78, 5) is 0.258. The molecule has 0 radical (unpaired) electrons. The van der Waals surface area contributed by atoms with Gasteiger partial charge in [0.05, 0.1) is 10.6 Å². The zero-order valence-electron chi connectivity index (χ0n) is 9.01. The second kappa shape index (κ2) is 4.90. The van der Waals surface area contributed by atoms with Crippen LogP contribution in [0.1, 0.15) is 5.56 Å². The molecule has 0 aliphatic rings. The van der Waals surface area contributed by atoms with Gasteiger partial charge in [-0.2, -0.15) is 0 Å². The number of sulfone groups is 1. The van der Waals surface area contributed by atoms with E-state index in [4.69, 9.17) is 11.6 Å². The maximum Gasteiger partial charge on any atom is 0.182 e. The summed E-state index contributed by atoms with van der Waals surface area (Å²) in [6, 6.07) is 15.4. The highest BCUT2D eigenvalue weighted by Crippen LogP contribution is 2.19. The molecule has 0 saturated heterocycles. The van der Waals surface area contributed by atoms with Crippen LogP contribution in [0.5, 0.6) is 0 Å². The van der Waals surface area contributed by atoms with Gasteiger partial charge < -0.3 is 0 Å². The van der Waals surface area contributed by atoms with E-state index < -0.39 is 9.84 Å². The fraction of sp³-hybridized carbons (Fsp3) is 0.0769. The van der Waals surface area contributed by atoms with Crippen LogP contribution in [-0.4, -0.2) is 8.42 Å². The molecule has 88 valence electrons. The molecule has 0 unspecified atom stereocenters. The van der Waals surface area contributed by atoms with Gasteiger partial charge in [0.25, 0.3) is 0 Å². The van der Waals surface area contributed by atoms with Crippen molar-refractivity contribution in [2.45, 2.75) is 10.6 Å². The Hall–Kier alpha value is -1.32. The molecular weight excluding hydrogens is 256 g/mol. The summed E-state index contributed by atoms with van der Waals surface area (Å²) in [6.07, 6.45) is 0. The molecule has 0 heterocycles. The minimum Gasteiger partial charge on any atom is -0.223 e. The SMILES string of the molecule is O=S(=O)(Cc1ccccc1)c1cccc(Cl)c1. The van der Waals surface area contributed by atoms with Gasteiger partial charge in [-0.25, -0.2) is 8.42 Å². The molecule has 0 aromatic heterocycles. The second-order valence-electron chi connectivity index (χ2n) is 3.70. The van der Waals surface area contributed by atoms with E-state index >= 15 is 0 Å². The van der Waals surface area contributed by atoms with Gasteiger partial charge in [-0.1, -0.05) is 48.0 Å². The Balaban J connectivity index is 2.32. The number of benzene rings is 2. The third kappa shape index (κ3) is 3.08. The first-order valence-corrected chi connectivity index (χ1v) is 7.13. The average molecular weight is 267 g/mol. The van der Waals surface area contributed by atoms with Crippen molar-refractivity contribution in [1.29, 1.82) is 0 Å². The highest BCUT2D eigenvalue weighted by atomic mass is 35.5. The van der Waals surface area contributed by atoms with Crippen LogP contribution in [0.25, 0.3) is 0 Å². The van der Waals surface area contributed by atoms with E-state index in [1.54, 1.807) is 30.3 Å². The third-order valence-electron chi connectivity index (χ3n) is 2.35. The van der Waals surface area contributed by atoms with Crippen LogP contribution in [-0.2, 0) is 15.6 Å². The molecule has 0 amide bonds. The van der Waals surface area contributed by atoms with Crippen LogP contribution in [0, 0.1) is 0 Å². The molecule has 0 N–H and O–H groups in total. The maximum absolute atomic E-state index is 12.1. The Morgan fingerprint density at radius 1 is 0.941 bits per heavy atom. The van der Waals surface area contributed by atoms with Crippen molar-refractivity contribution in [3.63, 3.8) is 0 Å². The van der Waals surface area contributed by atoms with Gasteiger partial charge in [0, 0.05) is 5.02 Å². The lowest BCUT2D eigenvalue weighted by molar-refractivity contribution is 0.595. The minimum absolute atomic E-state index is 0.00577. The van der Waals surface area contributed by atoms with E-state index in [0.717, 1.165) is 5.56 Å². The van der Waals surface area contributed by atoms with E-state index in [1.165, 1.54) is 6.07 Å². The first-order valence-electron chi connectivity index (χ1n) is 5.10. The van der Waals surface area contributed by atoms with E-state index in [1.807, 2.05) is 18.2 Å². The normalized spacial score (nSPS) is 11.4. The molecule has 17 heavy (non-hydrogen) atoms. The minimum atomic E-state index is -3.32. The molecule has 0 atom stereocenters. The highest BCUT2D eigenvalue weighted by molar-refractivity contribution is 7.90. The Morgan fingerprint density at radius 2 is 1.65 bits per heavy atom. The Bertz CT molecular complexity index is 606. The summed E-state index contributed by atoms with van der Waals surface area (Å²) in [5.41, 5.74) is 0.771. The van der Waals surface area contributed by atoms with Gasteiger partial charge >= 0.3 is 0 Å². The summed E-state index contributed by atoms with van der Waals surface area (Å²) in [5.74, 6) is -0.00577. The molecule has 2 aromatic carbocycles. The average Bonchev–Trinajstić information content (AvgIpc) is 2.30. The lowest BCUT2D eigenvalue weighted by Gasteiger charge is -2.04. The van der Waals surface area contributed by atoms with E-state index in [9.17, 15) is 8.42 Å². The molecule has 0 fully saturated rings. The first-order chi connectivity index (χ1) is 8.08. The molecule has 2 aromatic rings. The van der Waals surface area contributed by atoms with Crippen LogP contribution in [0.3, 0.4) is 0 Å². The predicted molar refractivity (Wildman–Crippen MR) is 68.8 cm³/mol. The van der Waals surface area contributed by atoms with Crippen LogP contribution in [0.4, 0.5) is 0 Å². The molecule has 0 bridgehead atoms. The smallest absolute Gasteiger partial charge is 0.182 e. The summed E-state index contributed by atoms with van der Waals surface area (Å²) in [7, 11) is -3.32. The summed E-state index contributed by atoms with van der Waals surface area (Å²) in [5, 5.41) is 0.430. The van der Waals surface area contributed by atoms with Gasteiger partial charge in [0.15, 0.2) is 9.84 Å². The fourth-order valence-electron chi connectivity index (χ4n) is 1.54. The number of hydrogen-bond acceptors (Lipinski definition) is 2. The van der Waals surface area contributed by atoms with Crippen molar-refractivity contribution in [3.05, 3.63) is 65.2 Å². The van der Waals surface area contributed by atoms with Gasteiger partial charge in [-0.15, -0.1) is 0 Å². The van der Waals surface area contributed by atoms with E-state index in [0.29, 0.717) is 5.02 Å². The zero-order valence-corrected chi connectivity index (χ0v) is 10.6. The monoisotopic (exact) mass is 266 g/mol. The maximum atomic E-state index is 12.1. The Labute approximate surface area is 106 Å². The van der Waals surface area contributed by atoms with E-state index in [-0.39, 0.29) is 10.6 Å². The van der Waals surface area contributed by atoms with Crippen LogP contribution in [0.2, 0.25) is 5.02 Å². The third-order valence-corrected chi connectivity index (χ3v) is 4.28. The molecule has 2 rings (SSSR count). The number of hydrogen-bond donors (Lipinski definition) is 0.